The molecule has 0 aromatic heterocycles. The van der Waals surface area contributed by atoms with Gasteiger partial charge in [0.15, 0.2) is 0 Å². The van der Waals surface area contributed by atoms with Gasteiger partial charge in [-0.25, -0.2) is 0 Å². The van der Waals surface area contributed by atoms with E-state index < -0.39 is 22.8 Å². The molecule has 4 aliphatic carbocycles. The molecule has 9 atom stereocenters. The van der Waals surface area contributed by atoms with Crippen molar-refractivity contribution in [3.63, 3.8) is 0 Å². The van der Waals surface area contributed by atoms with Crippen molar-refractivity contribution >= 4 is 23.9 Å². The predicted molar refractivity (Wildman–Crippen MR) is 142 cm³/mol. The molecule has 210 valence electrons. The van der Waals surface area contributed by atoms with Gasteiger partial charge in [-0.2, -0.15) is 0 Å². The molecule has 1 aliphatic heterocycles. The lowest BCUT2D eigenvalue weighted by Gasteiger charge is -2.70. The number of ether oxygens (including phenoxy) is 2. The van der Waals surface area contributed by atoms with Crippen molar-refractivity contribution in [2.45, 2.75) is 106 Å². The second-order valence-corrected chi connectivity index (χ2v) is 14.9. The summed E-state index contributed by atoms with van der Waals surface area (Å²) in [6.45, 7) is 18.8. The van der Waals surface area contributed by atoms with E-state index in [1.54, 1.807) is 0 Å². The molecule has 5 fully saturated rings. The fraction of sp³-hybridized carbons (Fsp3) is 0.812. The molecule has 5 rings (SSSR count). The van der Waals surface area contributed by atoms with Crippen LogP contribution in [0.25, 0.3) is 0 Å². The van der Waals surface area contributed by atoms with Gasteiger partial charge in [0.05, 0.1) is 17.3 Å². The van der Waals surface area contributed by atoms with Crippen LogP contribution in [0.1, 0.15) is 106 Å². The van der Waals surface area contributed by atoms with Crippen molar-refractivity contribution in [1.82, 2.24) is 0 Å². The zero-order chi connectivity index (χ0) is 28.1. The third-order valence-electron chi connectivity index (χ3n) is 13.1. The van der Waals surface area contributed by atoms with Crippen LogP contribution in [-0.2, 0) is 28.7 Å². The van der Waals surface area contributed by atoms with E-state index in [4.69, 9.17) is 9.47 Å². The number of hydrogen-bond donors (Lipinski definition) is 0. The molecule has 6 nitrogen and oxygen atoms in total. The van der Waals surface area contributed by atoms with Crippen LogP contribution in [-0.4, -0.2) is 23.9 Å². The minimum absolute atomic E-state index is 0.0447. The van der Waals surface area contributed by atoms with Crippen molar-refractivity contribution in [3.05, 3.63) is 12.2 Å². The minimum Gasteiger partial charge on any atom is -0.393 e. The first-order valence-electron chi connectivity index (χ1n) is 14.7. The summed E-state index contributed by atoms with van der Waals surface area (Å²) in [5, 5.41) is 0. The fourth-order valence-corrected chi connectivity index (χ4v) is 11.3. The van der Waals surface area contributed by atoms with Crippen LogP contribution >= 0.6 is 0 Å². The van der Waals surface area contributed by atoms with Crippen molar-refractivity contribution in [2.75, 3.05) is 0 Å². The van der Waals surface area contributed by atoms with E-state index in [0.29, 0.717) is 5.92 Å². The molecule has 6 heteroatoms. The maximum Gasteiger partial charge on any atom is 0.320 e. The number of carbonyl (C=O) groups excluding carboxylic acids is 4. The van der Waals surface area contributed by atoms with Gasteiger partial charge in [0.2, 0.25) is 0 Å². The molecule has 5 aliphatic rings. The Hall–Kier alpha value is -1.98. The van der Waals surface area contributed by atoms with Gasteiger partial charge in [-0.05, 0) is 118 Å². The number of rotatable bonds is 2. The second-order valence-electron chi connectivity index (χ2n) is 14.9. The van der Waals surface area contributed by atoms with Crippen molar-refractivity contribution in [1.29, 1.82) is 0 Å². The van der Waals surface area contributed by atoms with Crippen LogP contribution < -0.4 is 0 Å². The SMILES string of the molecule is C=C(C)[C@@H]1CC[C@]2(C(=O)OC(C)=O)CC[C@]3(C)[C@H](CC[C@@H]4[C@@]5(C)CC(=O)OC(=O)C(C)(C)[C@@H]5CC[C@]43C)[C@@H]12. The van der Waals surface area contributed by atoms with Gasteiger partial charge in [0.25, 0.3) is 0 Å². The maximum absolute atomic E-state index is 13.6. The molecule has 0 bridgehead atoms. The van der Waals surface area contributed by atoms with E-state index in [1.807, 2.05) is 13.8 Å². The summed E-state index contributed by atoms with van der Waals surface area (Å²) in [4.78, 5) is 51.3. The predicted octanol–water partition coefficient (Wildman–Crippen LogP) is 6.41. The van der Waals surface area contributed by atoms with Gasteiger partial charge < -0.3 is 9.47 Å². The van der Waals surface area contributed by atoms with Gasteiger partial charge in [-0.15, -0.1) is 0 Å². The highest BCUT2D eigenvalue weighted by molar-refractivity contribution is 5.90. The van der Waals surface area contributed by atoms with Crippen molar-refractivity contribution < 1.29 is 28.7 Å². The Morgan fingerprint density at radius 3 is 2.18 bits per heavy atom. The number of hydrogen-bond acceptors (Lipinski definition) is 6. The molecule has 1 saturated heterocycles. The summed E-state index contributed by atoms with van der Waals surface area (Å²) in [7, 11) is 0. The van der Waals surface area contributed by atoms with Gasteiger partial charge in [-0.3, -0.25) is 19.2 Å². The Morgan fingerprint density at radius 1 is 0.868 bits per heavy atom. The largest absolute Gasteiger partial charge is 0.393 e. The second kappa shape index (κ2) is 8.51. The Morgan fingerprint density at radius 2 is 1.55 bits per heavy atom. The maximum atomic E-state index is 13.6. The van der Waals surface area contributed by atoms with Crippen molar-refractivity contribution in [2.24, 2.45) is 56.7 Å². The lowest BCUT2D eigenvalue weighted by molar-refractivity contribution is -0.229. The first-order valence-corrected chi connectivity index (χ1v) is 14.7. The lowest BCUT2D eigenvalue weighted by atomic mass is 9.33. The Kier molecular flexibility index (Phi) is 6.18. The number of fused-ring (bicyclic) bond motifs is 7. The molecule has 0 amide bonds. The number of cyclic esters (lactones) is 2. The number of esters is 4. The van der Waals surface area contributed by atoms with Crippen LogP contribution in [0.15, 0.2) is 12.2 Å². The molecule has 4 saturated carbocycles. The van der Waals surface area contributed by atoms with Crippen molar-refractivity contribution in [3.8, 4) is 0 Å². The smallest absolute Gasteiger partial charge is 0.320 e. The van der Waals surface area contributed by atoms with Crippen LogP contribution in [0.3, 0.4) is 0 Å². The van der Waals surface area contributed by atoms with Gasteiger partial charge >= 0.3 is 23.9 Å². The zero-order valence-corrected chi connectivity index (χ0v) is 24.4. The van der Waals surface area contributed by atoms with Gasteiger partial charge in [0, 0.05) is 6.92 Å². The number of carbonyl (C=O) groups is 4. The molecule has 38 heavy (non-hydrogen) atoms. The van der Waals surface area contributed by atoms with E-state index in [-0.39, 0.29) is 58.3 Å². The van der Waals surface area contributed by atoms with Crippen LogP contribution in [0.5, 0.6) is 0 Å². The zero-order valence-electron chi connectivity index (χ0n) is 24.4. The van der Waals surface area contributed by atoms with Crippen LogP contribution in [0.2, 0.25) is 0 Å². The highest BCUT2D eigenvalue weighted by Crippen LogP contribution is 2.77. The average Bonchev–Trinajstić information content (AvgIpc) is 3.17. The Balaban J connectivity index is 1.58. The van der Waals surface area contributed by atoms with E-state index in [2.05, 4.69) is 34.3 Å². The third kappa shape index (κ3) is 3.43. The fourth-order valence-electron chi connectivity index (χ4n) is 11.3. The summed E-state index contributed by atoms with van der Waals surface area (Å²) in [6, 6.07) is 0. The Bertz CT molecular complexity index is 1110. The summed E-state index contributed by atoms with van der Waals surface area (Å²) in [5.41, 5.74) is -0.662. The molecular weight excluding hydrogens is 480 g/mol. The number of allylic oxidation sites excluding steroid dienone is 1. The van der Waals surface area contributed by atoms with E-state index >= 15 is 0 Å². The Labute approximate surface area is 227 Å². The molecule has 0 N–H and O–H groups in total. The molecular formula is C32H46O6. The summed E-state index contributed by atoms with van der Waals surface area (Å²) < 4.78 is 10.7. The average molecular weight is 527 g/mol. The monoisotopic (exact) mass is 526 g/mol. The van der Waals surface area contributed by atoms with Gasteiger partial charge in [0.1, 0.15) is 0 Å². The normalized spacial score (nSPS) is 47.4. The first kappa shape index (κ1) is 27.6. The van der Waals surface area contributed by atoms with Crippen LogP contribution in [0.4, 0.5) is 0 Å². The summed E-state index contributed by atoms with van der Waals surface area (Å²) in [5.74, 6) is -0.664. The van der Waals surface area contributed by atoms with Crippen LogP contribution in [0, 0.1) is 56.7 Å². The van der Waals surface area contributed by atoms with E-state index in [1.165, 1.54) is 6.92 Å². The molecule has 0 aromatic carbocycles. The van der Waals surface area contributed by atoms with E-state index in [9.17, 15) is 19.2 Å². The quantitative estimate of drug-likeness (QED) is 0.235. The molecule has 0 unspecified atom stereocenters. The highest BCUT2D eigenvalue weighted by atomic mass is 16.6. The standard InChI is InChI=1S/C32H46O6/c1-18(2)20-11-14-32(27(36)37-19(3)33)16-15-30(7)21(25(20)32)9-10-23-29(6)17-24(34)38-26(35)28(4,5)22(29)12-13-31(23,30)8/h20-23,25H,1,9-17H2,2-8H3/t20-,21+,22-,23+,25+,29-,30+,31+,32-/m0/s1. The first-order chi connectivity index (χ1) is 17.5. The highest BCUT2D eigenvalue weighted by Gasteiger charge is 2.72. The molecule has 0 radical (unpaired) electrons. The summed E-state index contributed by atoms with van der Waals surface area (Å²) >= 11 is 0. The lowest BCUT2D eigenvalue weighted by Crippen LogP contribution is -2.65. The molecule has 0 aromatic rings. The minimum atomic E-state index is -0.714. The van der Waals surface area contributed by atoms with Gasteiger partial charge in [-0.1, -0.05) is 32.9 Å². The molecule has 0 spiro atoms. The third-order valence-corrected chi connectivity index (χ3v) is 13.1. The molecule has 1 heterocycles. The summed E-state index contributed by atoms with van der Waals surface area (Å²) in [6.07, 6.45) is 7.33. The topological polar surface area (TPSA) is 86.7 Å². The van der Waals surface area contributed by atoms with E-state index in [0.717, 1.165) is 56.9 Å².